The molecule has 17 heavy (non-hydrogen) atoms. The van der Waals surface area contributed by atoms with Crippen LogP contribution >= 0.6 is 11.3 Å². The molecule has 0 aliphatic carbocycles. The van der Waals surface area contributed by atoms with Crippen LogP contribution in [0.4, 0.5) is 0 Å². The molecular weight excluding hydrogens is 242 g/mol. The van der Waals surface area contributed by atoms with Crippen LogP contribution in [0.3, 0.4) is 0 Å². The first-order chi connectivity index (χ1) is 8.19. The van der Waals surface area contributed by atoms with Crippen LogP contribution in [-0.4, -0.2) is 30.6 Å². The average Bonchev–Trinajstić information content (AvgIpc) is 2.77. The summed E-state index contributed by atoms with van der Waals surface area (Å²) in [5.74, 6) is -0.782. The molecule has 0 aliphatic rings. The number of methoxy groups -OCH3 is 1. The van der Waals surface area contributed by atoms with Gasteiger partial charge in [-0.1, -0.05) is 6.08 Å². The molecule has 0 fully saturated rings. The van der Waals surface area contributed by atoms with Crippen LogP contribution in [0.25, 0.3) is 6.08 Å². The molecule has 0 N–H and O–H groups in total. The normalized spacial score (nSPS) is 10.5. The fraction of sp³-hybridized carbons (Fsp3) is 0.364. The van der Waals surface area contributed by atoms with Gasteiger partial charge in [-0.15, -0.1) is 11.3 Å². The van der Waals surface area contributed by atoms with Crippen LogP contribution in [0.2, 0.25) is 0 Å². The zero-order valence-corrected chi connectivity index (χ0v) is 10.5. The Bertz CT molecular complexity index is 425. The summed E-state index contributed by atoms with van der Waals surface area (Å²) in [4.78, 5) is 27.0. The van der Waals surface area contributed by atoms with E-state index < -0.39 is 5.97 Å². The molecule has 1 rings (SSSR count). The minimum atomic E-state index is -0.452. The molecule has 1 aromatic heterocycles. The molecule has 0 aliphatic heterocycles. The third-order valence-corrected chi connectivity index (χ3v) is 2.64. The fourth-order valence-electron chi connectivity index (χ4n) is 1.07. The fourth-order valence-corrected chi connectivity index (χ4v) is 1.77. The number of hydrogen-bond acceptors (Lipinski definition) is 6. The maximum atomic E-state index is 11.5. The van der Waals surface area contributed by atoms with E-state index in [4.69, 9.17) is 4.74 Å². The molecule has 0 saturated heterocycles. The van der Waals surface area contributed by atoms with Gasteiger partial charge in [-0.2, -0.15) is 0 Å². The number of aromatic nitrogens is 1. The second kappa shape index (κ2) is 6.80. The van der Waals surface area contributed by atoms with Crippen molar-refractivity contribution >= 4 is 29.4 Å². The summed E-state index contributed by atoms with van der Waals surface area (Å²) >= 11 is 1.31. The molecule has 0 radical (unpaired) electrons. The van der Waals surface area contributed by atoms with E-state index in [0.717, 1.165) is 0 Å². The van der Waals surface area contributed by atoms with Crippen LogP contribution in [0.5, 0.6) is 0 Å². The lowest BCUT2D eigenvalue weighted by atomic mass is 10.3. The Labute approximate surface area is 103 Å². The first kappa shape index (κ1) is 13.4. The maximum Gasteiger partial charge on any atom is 0.358 e. The number of rotatable bonds is 5. The molecule has 0 aromatic carbocycles. The van der Waals surface area contributed by atoms with E-state index in [-0.39, 0.29) is 18.1 Å². The standard InChI is InChI=1S/C11H13NO4S/c1-3-16-11(14)10-8(17-7-12-10)5-4-6-9(13)15-2/h4-5,7H,3,6H2,1-2H3. The third kappa shape index (κ3) is 3.99. The van der Waals surface area contributed by atoms with Crippen molar-refractivity contribution in [1.29, 1.82) is 0 Å². The zero-order chi connectivity index (χ0) is 12.7. The van der Waals surface area contributed by atoms with Crippen LogP contribution in [0, 0.1) is 0 Å². The van der Waals surface area contributed by atoms with Gasteiger partial charge in [-0.25, -0.2) is 9.78 Å². The van der Waals surface area contributed by atoms with Gasteiger partial charge in [0.2, 0.25) is 0 Å². The van der Waals surface area contributed by atoms with Crippen LogP contribution < -0.4 is 0 Å². The van der Waals surface area contributed by atoms with Crippen molar-refractivity contribution in [2.75, 3.05) is 13.7 Å². The van der Waals surface area contributed by atoms with Gasteiger partial charge in [-0.05, 0) is 13.0 Å². The lowest BCUT2D eigenvalue weighted by molar-refractivity contribution is -0.139. The summed E-state index contributed by atoms with van der Waals surface area (Å²) in [6.07, 6.45) is 3.46. The Hall–Kier alpha value is -1.69. The highest BCUT2D eigenvalue weighted by molar-refractivity contribution is 7.10. The molecule has 0 amide bonds. The molecule has 0 spiro atoms. The topological polar surface area (TPSA) is 65.5 Å². The Morgan fingerprint density at radius 1 is 1.53 bits per heavy atom. The van der Waals surface area contributed by atoms with Crippen LogP contribution in [-0.2, 0) is 14.3 Å². The van der Waals surface area contributed by atoms with E-state index in [9.17, 15) is 9.59 Å². The smallest absolute Gasteiger partial charge is 0.358 e. The van der Waals surface area contributed by atoms with Gasteiger partial charge in [-0.3, -0.25) is 4.79 Å². The van der Waals surface area contributed by atoms with E-state index in [0.29, 0.717) is 11.5 Å². The van der Waals surface area contributed by atoms with Gasteiger partial charge in [0.05, 0.1) is 30.5 Å². The Morgan fingerprint density at radius 3 is 2.94 bits per heavy atom. The van der Waals surface area contributed by atoms with Crippen molar-refractivity contribution < 1.29 is 19.1 Å². The number of ether oxygens (including phenoxy) is 2. The molecule has 0 saturated carbocycles. The number of carbonyl (C=O) groups excluding carboxylic acids is 2. The SMILES string of the molecule is CCOC(=O)c1ncsc1C=CCC(=O)OC. The van der Waals surface area contributed by atoms with Gasteiger partial charge >= 0.3 is 11.9 Å². The molecule has 92 valence electrons. The molecule has 5 nitrogen and oxygen atoms in total. The predicted molar refractivity (Wildman–Crippen MR) is 63.7 cm³/mol. The number of hydrogen-bond donors (Lipinski definition) is 0. The van der Waals surface area contributed by atoms with Crippen molar-refractivity contribution in [2.24, 2.45) is 0 Å². The van der Waals surface area contributed by atoms with Crippen molar-refractivity contribution in [1.82, 2.24) is 4.98 Å². The molecular formula is C11H13NO4S. The second-order valence-electron chi connectivity index (χ2n) is 2.97. The first-order valence-corrected chi connectivity index (χ1v) is 5.91. The van der Waals surface area contributed by atoms with Crippen molar-refractivity contribution in [3.8, 4) is 0 Å². The van der Waals surface area contributed by atoms with Crippen molar-refractivity contribution in [3.63, 3.8) is 0 Å². The minimum Gasteiger partial charge on any atom is -0.469 e. The summed E-state index contributed by atoms with van der Waals surface area (Å²) in [7, 11) is 1.33. The quantitative estimate of drug-likeness (QED) is 0.752. The molecule has 0 unspecified atom stereocenters. The second-order valence-corrected chi connectivity index (χ2v) is 3.85. The summed E-state index contributed by atoms with van der Waals surface area (Å²) < 4.78 is 9.35. The Balaban J connectivity index is 2.69. The number of nitrogens with zero attached hydrogens (tertiary/aromatic N) is 1. The lowest BCUT2D eigenvalue weighted by Gasteiger charge is -1.98. The van der Waals surface area contributed by atoms with Gasteiger partial charge in [0.25, 0.3) is 0 Å². The summed E-state index contributed by atoms with van der Waals surface area (Å²) in [5, 5.41) is 0. The van der Waals surface area contributed by atoms with E-state index in [2.05, 4.69) is 9.72 Å². The molecule has 1 heterocycles. The van der Waals surface area contributed by atoms with E-state index in [1.807, 2.05) is 0 Å². The third-order valence-electron chi connectivity index (χ3n) is 1.85. The lowest BCUT2D eigenvalue weighted by Crippen LogP contribution is -2.06. The van der Waals surface area contributed by atoms with Gasteiger partial charge in [0, 0.05) is 0 Å². The van der Waals surface area contributed by atoms with Gasteiger partial charge in [0.15, 0.2) is 5.69 Å². The average molecular weight is 255 g/mol. The van der Waals surface area contributed by atoms with Crippen LogP contribution in [0.15, 0.2) is 11.6 Å². The summed E-state index contributed by atoms with van der Waals surface area (Å²) in [6.45, 7) is 2.04. The summed E-state index contributed by atoms with van der Waals surface area (Å²) in [5.41, 5.74) is 1.84. The molecule has 0 bridgehead atoms. The predicted octanol–water partition coefficient (Wildman–Crippen LogP) is 1.90. The highest BCUT2D eigenvalue weighted by atomic mass is 32.1. The van der Waals surface area contributed by atoms with E-state index in [1.54, 1.807) is 24.6 Å². The maximum absolute atomic E-state index is 11.5. The van der Waals surface area contributed by atoms with Gasteiger partial charge in [0.1, 0.15) is 0 Å². The Morgan fingerprint density at radius 2 is 2.29 bits per heavy atom. The van der Waals surface area contributed by atoms with Crippen molar-refractivity contribution in [2.45, 2.75) is 13.3 Å². The highest BCUT2D eigenvalue weighted by Gasteiger charge is 2.13. The minimum absolute atomic E-state index is 0.163. The zero-order valence-electron chi connectivity index (χ0n) is 9.63. The summed E-state index contributed by atoms with van der Waals surface area (Å²) in [6, 6.07) is 0. The molecule has 0 atom stereocenters. The molecule has 6 heteroatoms. The number of carbonyl (C=O) groups is 2. The monoisotopic (exact) mass is 255 g/mol. The highest BCUT2D eigenvalue weighted by Crippen LogP contribution is 2.16. The van der Waals surface area contributed by atoms with Crippen LogP contribution in [0.1, 0.15) is 28.7 Å². The van der Waals surface area contributed by atoms with E-state index >= 15 is 0 Å². The first-order valence-electron chi connectivity index (χ1n) is 5.03. The van der Waals surface area contributed by atoms with Crippen molar-refractivity contribution in [3.05, 3.63) is 22.2 Å². The Kier molecular flexibility index (Phi) is 5.35. The van der Waals surface area contributed by atoms with E-state index in [1.165, 1.54) is 18.4 Å². The molecule has 1 aromatic rings. The van der Waals surface area contributed by atoms with Gasteiger partial charge < -0.3 is 9.47 Å². The largest absolute Gasteiger partial charge is 0.469 e. The number of esters is 2. The number of thiazole rings is 1.